The molecule has 6 nitrogen and oxygen atoms in total. The first-order valence-electron chi connectivity index (χ1n) is 6.51. The van der Waals surface area contributed by atoms with Gasteiger partial charge in [-0.2, -0.15) is 0 Å². The van der Waals surface area contributed by atoms with Crippen molar-refractivity contribution in [3.63, 3.8) is 0 Å². The molecule has 0 saturated heterocycles. The van der Waals surface area contributed by atoms with E-state index in [1.165, 1.54) is 0 Å². The smallest absolute Gasteiger partial charge is 0.124 e. The topological polar surface area (TPSA) is 61.2 Å². The van der Waals surface area contributed by atoms with E-state index in [1.807, 2.05) is 25.2 Å². The maximum Gasteiger partial charge on any atom is 0.124 e. The molecule has 6 heteroatoms. The third kappa shape index (κ3) is 2.75. The van der Waals surface area contributed by atoms with Crippen LogP contribution in [0.5, 0.6) is 11.5 Å². The van der Waals surface area contributed by atoms with Gasteiger partial charge in [-0.3, -0.25) is 4.68 Å². The summed E-state index contributed by atoms with van der Waals surface area (Å²) in [6, 6.07) is 5.71. The number of aromatic nitrogens is 3. The molecule has 1 aromatic carbocycles. The quantitative estimate of drug-likeness (QED) is 0.867. The minimum Gasteiger partial charge on any atom is -0.497 e. The fraction of sp³-hybridized carbons (Fsp3) is 0.429. The van der Waals surface area contributed by atoms with Gasteiger partial charge < -0.3 is 14.8 Å². The third-order valence-corrected chi connectivity index (χ3v) is 3.20. The normalized spacial score (nSPS) is 12.2. The fourth-order valence-corrected chi connectivity index (χ4v) is 2.20. The molecule has 2 aromatic rings. The Morgan fingerprint density at radius 1 is 1.30 bits per heavy atom. The van der Waals surface area contributed by atoms with Gasteiger partial charge in [0.1, 0.15) is 11.5 Å². The second kappa shape index (κ2) is 6.38. The van der Waals surface area contributed by atoms with Crippen LogP contribution in [0.3, 0.4) is 0 Å². The van der Waals surface area contributed by atoms with Crippen molar-refractivity contribution in [2.45, 2.75) is 13.0 Å². The van der Waals surface area contributed by atoms with Gasteiger partial charge in [0.15, 0.2) is 0 Å². The van der Waals surface area contributed by atoms with E-state index in [-0.39, 0.29) is 6.04 Å². The average Bonchev–Trinajstić information content (AvgIpc) is 2.90. The van der Waals surface area contributed by atoms with E-state index in [1.54, 1.807) is 25.1 Å². The van der Waals surface area contributed by atoms with Crippen molar-refractivity contribution in [2.75, 3.05) is 20.8 Å². The number of nitrogens with zero attached hydrogens (tertiary/aromatic N) is 3. The molecule has 2 rings (SSSR count). The molecule has 1 aromatic heterocycles. The van der Waals surface area contributed by atoms with Crippen molar-refractivity contribution >= 4 is 0 Å². The first-order valence-corrected chi connectivity index (χ1v) is 6.51. The van der Waals surface area contributed by atoms with Crippen molar-refractivity contribution in [1.29, 1.82) is 0 Å². The lowest BCUT2D eigenvalue weighted by Crippen LogP contribution is -2.24. The van der Waals surface area contributed by atoms with Crippen molar-refractivity contribution in [3.8, 4) is 11.5 Å². The lowest BCUT2D eigenvalue weighted by molar-refractivity contribution is 0.392. The molecule has 1 unspecified atom stereocenters. The summed E-state index contributed by atoms with van der Waals surface area (Å²) in [5.41, 5.74) is 1.97. The minimum atomic E-state index is -0.0509. The van der Waals surface area contributed by atoms with Crippen LogP contribution in [-0.2, 0) is 7.05 Å². The molecule has 20 heavy (non-hydrogen) atoms. The molecule has 0 radical (unpaired) electrons. The molecule has 0 saturated carbocycles. The molecule has 108 valence electrons. The van der Waals surface area contributed by atoms with Crippen LogP contribution in [0, 0.1) is 0 Å². The summed E-state index contributed by atoms with van der Waals surface area (Å²) in [4.78, 5) is 0. The lowest BCUT2D eigenvalue weighted by atomic mass is 10.0. The van der Waals surface area contributed by atoms with Gasteiger partial charge in [0.2, 0.25) is 0 Å². The molecule has 0 aliphatic carbocycles. The highest BCUT2D eigenvalue weighted by Crippen LogP contribution is 2.32. The van der Waals surface area contributed by atoms with E-state index < -0.39 is 0 Å². The van der Waals surface area contributed by atoms with E-state index >= 15 is 0 Å². The van der Waals surface area contributed by atoms with Crippen molar-refractivity contribution in [1.82, 2.24) is 20.3 Å². The Kier molecular flexibility index (Phi) is 4.57. The summed E-state index contributed by atoms with van der Waals surface area (Å²) >= 11 is 0. The van der Waals surface area contributed by atoms with E-state index in [0.29, 0.717) is 0 Å². The first-order chi connectivity index (χ1) is 9.71. The molecule has 1 atom stereocenters. The summed E-state index contributed by atoms with van der Waals surface area (Å²) in [6.45, 7) is 2.87. The Bertz CT molecular complexity index is 568. The van der Waals surface area contributed by atoms with E-state index in [0.717, 1.165) is 29.3 Å². The minimum absolute atomic E-state index is 0.0509. The maximum absolute atomic E-state index is 5.46. The van der Waals surface area contributed by atoms with Crippen molar-refractivity contribution in [3.05, 3.63) is 35.7 Å². The molecule has 1 N–H and O–H groups in total. The van der Waals surface area contributed by atoms with Crippen LogP contribution in [0.4, 0.5) is 0 Å². The van der Waals surface area contributed by atoms with Crippen LogP contribution in [0.15, 0.2) is 24.4 Å². The Labute approximate surface area is 118 Å². The SMILES string of the molecule is CCNC(c1cc(OC)ccc1OC)c1cnnn1C. The van der Waals surface area contributed by atoms with E-state index in [4.69, 9.17) is 9.47 Å². The standard InChI is InChI=1S/C14H20N4O2/c1-5-15-14(12-9-16-17-18(12)2)11-8-10(19-3)6-7-13(11)20-4/h6-9,14-15H,5H2,1-4H3. The summed E-state index contributed by atoms with van der Waals surface area (Å²) in [7, 11) is 5.19. The van der Waals surface area contributed by atoms with Gasteiger partial charge in [0.05, 0.1) is 32.2 Å². The first kappa shape index (κ1) is 14.3. The van der Waals surface area contributed by atoms with Crippen LogP contribution in [0.2, 0.25) is 0 Å². The molecule has 0 aliphatic heterocycles. The van der Waals surface area contributed by atoms with Gasteiger partial charge in [-0.15, -0.1) is 5.10 Å². The zero-order valence-corrected chi connectivity index (χ0v) is 12.3. The number of hydrogen-bond acceptors (Lipinski definition) is 5. The number of methoxy groups -OCH3 is 2. The zero-order valence-electron chi connectivity index (χ0n) is 12.3. The number of rotatable bonds is 6. The van der Waals surface area contributed by atoms with Crippen molar-refractivity contribution < 1.29 is 9.47 Å². The number of nitrogens with one attached hydrogen (secondary N) is 1. The molecular weight excluding hydrogens is 256 g/mol. The second-order valence-corrected chi connectivity index (χ2v) is 4.38. The van der Waals surface area contributed by atoms with Crippen LogP contribution in [0.25, 0.3) is 0 Å². The van der Waals surface area contributed by atoms with Crippen LogP contribution < -0.4 is 14.8 Å². The fourth-order valence-electron chi connectivity index (χ4n) is 2.20. The third-order valence-electron chi connectivity index (χ3n) is 3.20. The maximum atomic E-state index is 5.46. The molecular formula is C14H20N4O2. The largest absolute Gasteiger partial charge is 0.497 e. The van der Waals surface area contributed by atoms with Crippen LogP contribution >= 0.6 is 0 Å². The Morgan fingerprint density at radius 2 is 2.10 bits per heavy atom. The highest BCUT2D eigenvalue weighted by Gasteiger charge is 2.21. The van der Waals surface area contributed by atoms with E-state index in [9.17, 15) is 0 Å². The predicted octanol–water partition coefficient (Wildman–Crippen LogP) is 1.53. The average molecular weight is 276 g/mol. The number of hydrogen-bond donors (Lipinski definition) is 1. The van der Waals surface area contributed by atoms with E-state index in [2.05, 4.69) is 22.6 Å². The second-order valence-electron chi connectivity index (χ2n) is 4.38. The van der Waals surface area contributed by atoms with Gasteiger partial charge in [-0.05, 0) is 24.7 Å². The number of benzene rings is 1. The molecule has 0 amide bonds. The molecule has 1 heterocycles. The zero-order chi connectivity index (χ0) is 14.5. The highest BCUT2D eigenvalue weighted by molar-refractivity contribution is 5.44. The van der Waals surface area contributed by atoms with Crippen LogP contribution in [0.1, 0.15) is 24.2 Å². The molecule has 0 spiro atoms. The number of aryl methyl sites for hydroxylation is 1. The van der Waals surface area contributed by atoms with Gasteiger partial charge in [-0.1, -0.05) is 12.1 Å². The van der Waals surface area contributed by atoms with Gasteiger partial charge >= 0.3 is 0 Å². The van der Waals surface area contributed by atoms with Gasteiger partial charge in [0, 0.05) is 12.6 Å². The Morgan fingerprint density at radius 3 is 2.65 bits per heavy atom. The molecule has 0 aliphatic rings. The molecule has 0 fully saturated rings. The van der Waals surface area contributed by atoms with Crippen molar-refractivity contribution in [2.24, 2.45) is 7.05 Å². The van der Waals surface area contributed by atoms with Gasteiger partial charge in [0.25, 0.3) is 0 Å². The number of ether oxygens (including phenoxy) is 2. The summed E-state index contributed by atoms with van der Waals surface area (Å²) in [6.07, 6.45) is 1.76. The Hall–Kier alpha value is -2.08. The monoisotopic (exact) mass is 276 g/mol. The predicted molar refractivity (Wildman–Crippen MR) is 76.1 cm³/mol. The summed E-state index contributed by atoms with van der Waals surface area (Å²) in [5.74, 6) is 1.59. The lowest BCUT2D eigenvalue weighted by Gasteiger charge is -2.21. The summed E-state index contributed by atoms with van der Waals surface area (Å²) in [5, 5.41) is 11.4. The van der Waals surface area contributed by atoms with Gasteiger partial charge in [-0.25, -0.2) is 0 Å². The molecule has 0 bridgehead atoms. The summed E-state index contributed by atoms with van der Waals surface area (Å²) < 4.78 is 12.5. The van der Waals surface area contributed by atoms with Crippen LogP contribution in [-0.4, -0.2) is 35.8 Å². The highest BCUT2D eigenvalue weighted by atomic mass is 16.5. The Balaban J connectivity index is 2.50.